The van der Waals surface area contributed by atoms with Gasteiger partial charge in [-0.1, -0.05) is 27.7 Å². The minimum absolute atomic E-state index is 0.00790. The highest BCUT2D eigenvalue weighted by atomic mass is 16.6. The molecule has 0 amide bonds. The minimum Gasteiger partial charge on any atom is -0.465 e. The molecule has 0 aliphatic carbocycles. The summed E-state index contributed by atoms with van der Waals surface area (Å²) in [4.78, 5) is 45.5. The van der Waals surface area contributed by atoms with Gasteiger partial charge < -0.3 is 28.4 Å². The van der Waals surface area contributed by atoms with Crippen molar-refractivity contribution in [1.82, 2.24) is 14.7 Å². The van der Waals surface area contributed by atoms with Gasteiger partial charge in [0.2, 0.25) is 0 Å². The van der Waals surface area contributed by atoms with Gasteiger partial charge in [0.25, 0.3) is 0 Å². The van der Waals surface area contributed by atoms with Crippen LogP contribution in [0.15, 0.2) is 0 Å². The molecule has 3 fully saturated rings. The normalized spacial score (nSPS) is 22.9. The number of carbonyl (C=O) groups is 3. The van der Waals surface area contributed by atoms with Crippen LogP contribution < -0.4 is 0 Å². The van der Waals surface area contributed by atoms with Crippen molar-refractivity contribution in [3.8, 4) is 0 Å². The molecule has 0 spiro atoms. The molecule has 0 aromatic carbocycles. The predicted molar refractivity (Wildman–Crippen MR) is 155 cm³/mol. The highest BCUT2D eigenvalue weighted by molar-refractivity contribution is 5.73. The Morgan fingerprint density at radius 2 is 0.833 bits per heavy atom. The predicted octanol–water partition coefficient (Wildman–Crippen LogP) is 0.917. The number of hydrogen-bond donors (Lipinski definition) is 0. The molecule has 3 rings (SSSR count). The zero-order valence-electron chi connectivity index (χ0n) is 26.2. The van der Waals surface area contributed by atoms with Crippen molar-refractivity contribution in [1.29, 1.82) is 0 Å². The van der Waals surface area contributed by atoms with Crippen molar-refractivity contribution in [2.24, 2.45) is 23.2 Å². The number of ether oxygens (including phenoxy) is 6. The molecule has 3 atom stereocenters. The summed E-state index contributed by atoms with van der Waals surface area (Å²) in [5.41, 5.74) is -0.850. The van der Waals surface area contributed by atoms with Crippen molar-refractivity contribution < 1.29 is 42.8 Å². The lowest BCUT2D eigenvalue weighted by Crippen LogP contribution is -2.44. The summed E-state index contributed by atoms with van der Waals surface area (Å²) in [7, 11) is 0. The molecule has 42 heavy (non-hydrogen) atoms. The Morgan fingerprint density at radius 1 is 0.571 bits per heavy atom. The third-order valence-electron chi connectivity index (χ3n) is 8.43. The van der Waals surface area contributed by atoms with E-state index in [1.165, 1.54) is 0 Å². The van der Waals surface area contributed by atoms with Gasteiger partial charge in [-0.05, 0) is 6.42 Å². The van der Waals surface area contributed by atoms with Crippen LogP contribution in [-0.2, 0) is 42.8 Å². The molecule has 0 bridgehead atoms. The van der Waals surface area contributed by atoms with E-state index in [0.717, 1.165) is 39.3 Å². The number of carbonyl (C=O) groups excluding carboxylic acids is 3. The summed E-state index contributed by atoms with van der Waals surface area (Å²) in [5, 5.41) is 0. The summed E-state index contributed by atoms with van der Waals surface area (Å²) >= 11 is 0. The van der Waals surface area contributed by atoms with Crippen LogP contribution in [0.4, 0.5) is 0 Å². The smallest absolute Gasteiger partial charge is 0.309 e. The highest BCUT2D eigenvalue weighted by Crippen LogP contribution is 2.26. The van der Waals surface area contributed by atoms with Crippen molar-refractivity contribution in [2.75, 3.05) is 118 Å². The van der Waals surface area contributed by atoms with E-state index in [9.17, 15) is 14.4 Å². The van der Waals surface area contributed by atoms with E-state index in [1.54, 1.807) is 0 Å². The lowest BCUT2D eigenvalue weighted by molar-refractivity contribution is -0.168. The molecule has 3 unspecified atom stereocenters. The summed E-state index contributed by atoms with van der Waals surface area (Å²) in [6, 6.07) is 0. The Balaban J connectivity index is 1.57. The van der Waals surface area contributed by atoms with E-state index in [1.807, 2.05) is 27.7 Å². The third kappa shape index (κ3) is 11.7. The molecule has 0 radical (unpaired) electrons. The van der Waals surface area contributed by atoms with E-state index in [0.29, 0.717) is 65.7 Å². The summed E-state index contributed by atoms with van der Waals surface area (Å²) < 4.78 is 33.6. The van der Waals surface area contributed by atoms with E-state index < -0.39 is 5.41 Å². The minimum atomic E-state index is -0.850. The summed E-state index contributed by atoms with van der Waals surface area (Å²) in [6.07, 6.45) is 0.494. The molecule has 3 aliphatic rings. The molecular formula is C30H53N3O9. The number of nitrogens with zero attached hydrogens (tertiary/aromatic N) is 3. The van der Waals surface area contributed by atoms with Gasteiger partial charge in [0.15, 0.2) is 0 Å². The van der Waals surface area contributed by atoms with Gasteiger partial charge in [0.1, 0.15) is 19.8 Å². The highest BCUT2D eigenvalue weighted by Gasteiger charge is 2.36. The second-order valence-electron chi connectivity index (χ2n) is 12.1. The first-order valence-electron chi connectivity index (χ1n) is 15.6. The lowest BCUT2D eigenvalue weighted by atomic mass is 9.87. The van der Waals surface area contributed by atoms with Gasteiger partial charge in [0, 0.05) is 58.9 Å². The van der Waals surface area contributed by atoms with Crippen LogP contribution in [0.5, 0.6) is 0 Å². The van der Waals surface area contributed by atoms with Crippen LogP contribution >= 0.6 is 0 Å². The largest absolute Gasteiger partial charge is 0.465 e. The van der Waals surface area contributed by atoms with E-state index in [4.69, 9.17) is 28.4 Å². The van der Waals surface area contributed by atoms with Gasteiger partial charge in [-0.15, -0.1) is 0 Å². The molecule has 0 N–H and O–H groups in total. The van der Waals surface area contributed by atoms with Crippen molar-refractivity contribution in [3.63, 3.8) is 0 Å². The fourth-order valence-electron chi connectivity index (χ4n) is 5.27. The molecule has 3 heterocycles. The maximum Gasteiger partial charge on any atom is 0.309 e. The zero-order chi connectivity index (χ0) is 30.4. The topological polar surface area (TPSA) is 116 Å². The Hall–Kier alpha value is -1.83. The molecule has 3 saturated heterocycles. The number of hydrogen-bond acceptors (Lipinski definition) is 12. The SMILES string of the molecule is CCC(COC(=O)C(C)CN1CCOCC1)(COC(=O)C(C)CN1CCOCC1)COC(=O)C(C)CN1CCOCC1. The molecule has 0 saturated carbocycles. The molecule has 0 aromatic rings. The fraction of sp³-hybridized carbons (Fsp3) is 0.900. The Bertz CT molecular complexity index is 724. The van der Waals surface area contributed by atoms with Crippen LogP contribution in [-0.4, -0.2) is 151 Å². The van der Waals surface area contributed by atoms with Crippen LogP contribution in [0.25, 0.3) is 0 Å². The van der Waals surface area contributed by atoms with Crippen molar-refractivity contribution >= 4 is 17.9 Å². The van der Waals surface area contributed by atoms with Gasteiger partial charge in [0.05, 0.1) is 62.8 Å². The van der Waals surface area contributed by atoms with Gasteiger partial charge in [-0.3, -0.25) is 29.1 Å². The summed E-state index contributed by atoms with van der Waals surface area (Å²) in [5.74, 6) is -1.95. The van der Waals surface area contributed by atoms with E-state index >= 15 is 0 Å². The first kappa shape index (κ1) is 34.7. The van der Waals surface area contributed by atoms with Crippen LogP contribution in [0.3, 0.4) is 0 Å². The number of morpholine rings is 3. The molecule has 0 aromatic heterocycles. The monoisotopic (exact) mass is 599 g/mol. The maximum atomic E-state index is 13.0. The van der Waals surface area contributed by atoms with Gasteiger partial charge >= 0.3 is 17.9 Å². The Morgan fingerprint density at radius 3 is 1.07 bits per heavy atom. The average molecular weight is 600 g/mol. The molecular weight excluding hydrogens is 546 g/mol. The van der Waals surface area contributed by atoms with Crippen LogP contribution in [0, 0.1) is 23.2 Å². The van der Waals surface area contributed by atoms with Gasteiger partial charge in [-0.2, -0.15) is 0 Å². The average Bonchev–Trinajstić information content (AvgIpc) is 3.01. The lowest BCUT2D eigenvalue weighted by Gasteiger charge is -2.34. The molecule has 12 nitrogen and oxygen atoms in total. The second kappa shape index (κ2) is 18.1. The number of rotatable bonds is 16. The van der Waals surface area contributed by atoms with Gasteiger partial charge in [-0.25, -0.2) is 0 Å². The second-order valence-corrected chi connectivity index (χ2v) is 12.1. The summed E-state index contributed by atoms with van der Waals surface area (Å²) in [6.45, 7) is 17.9. The van der Waals surface area contributed by atoms with Crippen molar-refractivity contribution in [2.45, 2.75) is 34.1 Å². The number of esters is 3. The first-order valence-corrected chi connectivity index (χ1v) is 15.6. The Labute approximate surface area is 251 Å². The van der Waals surface area contributed by atoms with E-state index in [2.05, 4.69) is 14.7 Å². The first-order chi connectivity index (χ1) is 20.2. The molecule has 242 valence electrons. The fourth-order valence-corrected chi connectivity index (χ4v) is 5.27. The maximum absolute atomic E-state index is 13.0. The molecule has 3 aliphatic heterocycles. The molecule has 12 heteroatoms. The third-order valence-corrected chi connectivity index (χ3v) is 8.43. The quantitative estimate of drug-likeness (QED) is 0.186. The standard InChI is InChI=1S/C30H53N3O9/c1-5-30(21-40-27(34)24(2)18-31-6-12-37-13-7-31,22-41-28(35)25(3)19-32-8-14-38-15-9-32)23-42-29(36)26(4)20-33-10-16-39-17-11-33/h24-26H,5-23H2,1-4H3. The van der Waals surface area contributed by atoms with Crippen LogP contribution in [0.2, 0.25) is 0 Å². The van der Waals surface area contributed by atoms with E-state index in [-0.39, 0.29) is 55.5 Å². The van der Waals surface area contributed by atoms with Crippen molar-refractivity contribution in [3.05, 3.63) is 0 Å². The zero-order valence-corrected chi connectivity index (χ0v) is 26.2. The van der Waals surface area contributed by atoms with Crippen LogP contribution in [0.1, 0.15) is 34.1 Å². The Kier molecular flexibility index (Phi) is 14.9.